The second-order valence-corrected chi connectivity index (χ2v) is 9.36. The lowest BCUT2D eigenvalue weighted by molar-refractivity contribution is -0.191. The van der Waals surface area contributed by atoms with Crippen molar-refractivity contribution in [3.63, 3.8) is 0 Å². The monoisotopic (exact) mass is 534 g/mol. The molecule has 2 saturated heterocycles. The van der Waals surface area contributed by atoms with Gasteiger partial charge in [0.05, 0.1) is 24.3 Å². The van der Waals surface area contributed by atoms with Crippen LogP contribution in [0.4, 0.5) is 0 Å². The molecule has 204 valence electrons. The summed E-state index contributed by atoms with van der Waals surface area (Å²) in [5.41, 5.74) is -1.86. The number of ether oxygens (including phenoxy) is 2. The molecule has 38 heavy (non-hydrogen) atoms. The van der Waals surface area contributed by atoms with E-state index in [1.807, 2.05) is 0 Å². The van der Waals surface area contributed by atoms with Crippen LogP contribution < -0.4 is 5.43 Å². The Balaban J connectivity index is 1.80. The van der Waals surface area contributed by atoms with Gasteiger partial charge in [-0.25, -0.2) is 0 Å². The average molecular weight is 534 g/mol. The summed E-state index contributed by atoms with van der Waals surface area (Å²) >= 11 is 0. The van der Waals surface area contributed by atoms with E-state index >= 15 is 0 Å². The van der Waals surface area contributed by atoms with Crippen LogP contribution in [0.25, 0.3) is 22.3 Å². The highest BCUT2D eigenvalue weighted by Gasteiger charge is 2.46. The van der Waals surface area contributed by atoms with Crippen LogP contribution in [0.1, 0.15) is 23.3 Å². The molecular weight excluding hydrogens is 508 g/mol. The summed E-state index contributed by atoms with van der Waals surface area (Å²) in [6.07, 6.45) is -13.3. The Hall–Kier alpha value is -3.27. The molecule has 0 bridgehead atoms. The van der Waals surface area contributed by atoms with Gasteiger partial charge in [0.15, 0.2) is 11.0 Å². The maximum atomic E-state index is 13.3. The van der Waals surface area contributed by atoms with E-state index in [1.54, 1.807) is 0 Å². The lowest BCUT2D eigenvalue weighted by Gasteiger charge is -2.38. The standard InChI is InChI=1S/C25H26O13/c26-9-3-1-8(2-4-9)13-5-10(27)14-19(32)15(24-21(34)17(30)11(28)6-36-24)20(33)16(23(14)38-13)25-22(35)18(31)12(29)7-37-25/h1-5,11-12,17-18,21-22,24-26,28-35H,6-7H2/t11-,12-,17+,18+,21+,22+,24-,25+/m0/s1. The highest BCUT2D eigenvalue weighted by molar-refractivity contribution is 5.91. The molecule has 2 aliphatic rings. The minimum atomic E-state index is -1.85. The summed E-state index contributed by atoms with van der Waals surface area (Å²) < 4.78 is 16.8. The highest BCUT2D eigenvalue weighted by atomic mass is 16.5. The van der Waals surface area contributed by atoms with Crippen LogP contribution in [0.5, 0.6) is 17.2 Å². The Bertz CT molecular complexity index is 1400. The van der Waals surface area contributed by atoms with Crippen LogP contribution in [0, 0.1) is 0 Å². The van der Waals surface area contributed by atoms with E-state index < -0.39 is 101 Å². The summed E-state index contributed by atoms with van der Waals surface area (Å²) in [5, 5.41) is 93.1. The molecule has 5 rings (SSSR count). The van der Waals surface area contributed by atoms with Crippen molar-refractivity contribution in [1.82, 2.24) is 0 Å². The summed E-state index contributed by atoms with van der Waals surface area (Å²) in [6.45, 7) is -0.966. The molecule has 13 nitrogen and oxygen atoms in total. The smallest absolute Gasteiger partial charge is 0.197 e. The Kier molecular flexibility index (Phi) is 6.79. The number of aliphatic hydroxyl groups excluding tert-OH is 6. The van der Waals surface area contributed by atoms with E-state index in [4.69, 9.17) is 13.9 Å². The molecule has 2 aromatic carbocycles. The van der Waals surface area contributed by atoms with Gasteiger partial charge in [0.25, 0.3) is 0 Å². The molecule has 0 spiro atoms. The Morgan fingerprint density at radius 3 is 1.76 bits per heavy atom. The zero-order valence-electron chi connectivity index (χ0n) is 19.6. The number of rotatable bonds is 3. The average Bonchev–Trinajstić information content (AvgIpc) is 2.88. The van der Waals surface area contributed by atoms with Crippen LogP contribution in [0.3, 0.4) is 0 Å². The SMILES string of the molecule is O=c1cc(-c2ccc(O)cc2)oc2c([C@H]3OC[C@H](O)[C@@H](O)[C@H]3O)c(O)c([C@@H]3OC[C@H](O)[C@@H](O)[C@H]3O)c(O)c12. The maximum Gasteiger partial charge on any atom is 0.197 e. The van der Waals surface area contributed by atoms with Crippen molar-refractivity contribution < 1.29 is 59.8 Å². The fraction of sp³-hybridized carbons (Fsp3) is 0.400. The van der Waals surface area contributed by atoms with Crippen LogP contribution in [0.2, 0.25) is 0 Å². The first-order valence-corrected chi connectivity index (χ1v) is 11.7. The number of fused-ring (bicyclic) bond motifs is 1. The summed E-state index contributed by atoms with van der Waals surface area (Å²) in [5.74, 6) is -1.80. The van der Waals surface area contributed by atoms with Gasteiger partial charge < -0.3 is 59.8 Å². The van der Waals surface area contributed by atoms with Crippen LogP contribution in [-0.4, -0.2) is 95.8 Å². The third kappa shape index (κ3) is 4.19. The molecule has 0 saturated carbocycles. The lowest BCUT2D eigenvalue weighted by Crippen LogP contribution is -2.49. The largest absolute Gasteiger partial charge is 0.508 e. The molecule has 2 aliphatic heterocycles. The van der Waals surface area contributed by atoms with Gasteiger partial charge in [-0.05, 0) is 24.3 Å². The third-order valence-electron chi connectivity index (χ3n) is 6.92. The van der Waals surface area contributed by atoms with E-state index in [0.29, 0.717) is 5.56 Å². The van der Waals surface area contributed by atoms with Gasteiger partial charge in [-0.1, -0.05) is 0 Å². The number of aliphatic hydroxyl groups is 6. The third-order valence-corrected chi connectivity index (χ3v) is 6.92. The summed E-state index contributed by atoms with van der Waals surface area (Å²) in [7, 11) is 0. The summed E-state index contributed by atoms with van der Waals surface area (Å²) in [4.78, 5) is 13.3. The van der Waals surface area contributed by atoms with Crippen molar-refractivity contribution in [2.45, 2.75) is 48.8 Å². The van der Waals surface area contributed by atoms with Crippen LogP contribution >= 0.6 is 0 Å². The number of aromatic hydroxyl groups is 3. The quantitative estimate of drug-likeness (QED) is 0.194. The van der Waals surface area contributed by atoms with E-state index in [-0.39, 0.29) is 11.5 Å². The molecule has 0 aliphatic carbocycles. The minimum absolute atomic E-state index is 0.0475. The van der Waals surface area contributed by atoms with E-state index in [9.17, 15) is 50.8 Å². The van der Waals surface area contributed by atoms with Crippen molar-refractivity contribution in [3.8, 4) is 28.6 Å². The normalized spacial score (nSPS) is 31.9. The van der Waals surface area contributed by atoms with E-state index in [1.165, 1.54) is 24.3 Å². The van der Waals surface area contributed by atoms with Crippen LogP contribution in [0.15, 0.2) is 39.5 Å². The van der Waals surface area contributed by atoms with Crippen LogP contribution in [-0.2, 0) is 9.47 Å². The van der Waals surface area contributed by atoms with Crippen molar-refractivity contribution in [2.24, 2.45) is 0 Å². The van der Waals surface area contributed by atoms with Crippen molar-refractivity contribution in [2.75, 3.05) is 13.2 Å². The van der Waals surface area contributed by atoms with Gasteiger partial charge in [0.1, 0.15) is 77.2 Å². The fourth-order valence-electron chi connectivity index (χ4n) is 4.83. The van der Waals surface area contributed by atoms with Crippen molar-refractivity contribution in [3.05, 3.63) is 51.7 Å². The van der Waals surface area contributed by atoms with Gasteiger partial charge in [0, 0.05) is 11.6 Å². The Morgan fingerprint density at radius 2 is 1.21 bits per heavy atom. The first-order chi connectivity index (χ1) is 18.0. The summed E-state index contributed by atoms with van der Waals surface area (Å²) in [6, 6.07) is 6.60. The number of hydrogen-bond acceptors (Lipinski definition) is 13. The molecule has 0 radical (unpaired) electrons. The second-order valence-electron chi connectivity index (χ2n) is 9.36. The van der Waals surface area contributed by atoms with E-state index in [0.717, 1.165) is 6.07 Å². The molecule has 2 fully saturated rings. The fourth-order valence-corrected chi connectivity index (χ4v) is 4.83. The molecule has 13 heteroatoms. The molecule has 8 atom stereocenters. The number of phenolic OH excluding ortho intramolecular Hbond substituents is 3. The van der Waals surface area contributed by atoms with Gasteiger partial charge >= 0.3 is 0 Å². The molecule has 9 N–H and O–H groups in total. The molecule has 1 aromatic heterocycles. The second kappa shape index (κ2) is 9.80. The maximum absolute atomic E-state index is 13.3. The zero-order valence-corrected chi connectivity index (χ0v) is 19.6. The van der Waals surface area contributed by atoms with Gasteiger partial charge in [-0.2, -0.15) is 0 Å². The molecule has 3 aromatic rings. The van der Waals surface area contributed by atoms with Crippen molar-refractivity contribution >= 4 is 11.0 Å². The predicted octanol–water partition coefficient (Wildman–Crippen LogP) is -1.12. The molecule has 0 amide bonds. The van der Waals surface area contributed by atoms with Gasteiger partial charge in [0.2, 0.25) is 0 Å². The lowest BCUT2D eigenvalue weighted by atomic mass is 9.87. The predicted molar refractivity (Wildman–Crippen MR) is 126 cm³/mol. The molecule has 0 unspecified atom stereocenters. The Morgan fingerprint density at radius 1 is 0.684 bits per heavy atom. The van der Waals surface area contributed by atoms with Gasteiger partial charge in [-0.3, -0.25) is 4.79 Å². The zero-order chi connectivity index (χ0) is 27.5. The van der Waals surface area contributed by atoms with E-state index in [2.05, 4.69) is 0 Å². The first kappa shape index (κ1) is 26.3. The molecular formula is C25H26O13. The minimum Gasteiger partial charge on any atom is -0.508 e. The first-order valence-electron chi connectivity index (χ1n) is 11.7. The number of phenols is 3. The van der Waals surface area contributed by atoms with Crippen molar-refractivity contribution in [1.29, 1.82) is 0 Å². The number of hydrogen-bond donors (Lipinski definition) is 9. The number of benzene rings is 2. The highest BCUT2D eigenvalue weighted by Crippen LogP contribution is 2.50. The Labute approximate surface area is 213 Å². The molecule has 3 heterocycles. The van der Waals surface area contributed by atoms with Gasteiger partial charge in [-0.15, -0.1) is 0 Å². The topological polar surface area (TPSA) is 231 Å².